The number of aliphatic hydroxyl groups is 1. The second-order valence-electron chi connectivity index (χ2n) is 3.01. The molecule has 14 heavy (non-hydrogen) atoms. The van der Waals surface area contributed by atoms with Crippen molar-refractivity contribution in [1.82, 2.24) is 25.7 Å². The molecule has 0 aliphatic rings. The summed E-state index contributed by atoms with van der Waals surface area (Å²) in [5, 5.41) is 22.7. The Bertz CT molecular complexity index is 426. The quantitative estimate of drug-likeness (QED) is 0.617. The van der Waals surface area contributed by atoms with Crippen LogP contribution in [0.3, 0.4) is 0 Å². The van der Waals surface area contributed by atoms with E-state index in [-0.39, 0.29) is 0 Å². The Kier molecular flexibility index (Phi) is 2.38. The van der Waals surface area contributed by atoms with Crippen molar-refractivity contribution in [3.05, 3.63) is 17.8 Å². The van der Waals surface area contributed by atoms with E-state index in [1.165, 1.54) is 0 Å². The summed E-state index contributed by atoms with van der Waals surface area (Å²) in [6, 6.07) is 1.77. The second kappa shape index (κ2) is 3.69. The highest BCUT2D eigenvalue weighted by molar-refractivity contribution is 5.69. The average Bonchev–Trinajstić information content (AvgIpc) is 2.64. The zero-order chi connectivity index (χ0) is 9.97. The number of nitrogens with one attached hydrogen (secondary N) is 2. The number of aromatic amines is 1. The molecular formula is C8H11N5O. The number of aromatic nitrogens is 4. The number of aliphatic hydroxyl groups excluding tert-OH is 1. The van der Waals surface area contributed by atoms with Crippen LogP contribution in [-0.2, 0) is 0 Å². The Morgan fingerprint density at radius 2 is 2.43 bits per heavy atom. The summed E-state index contributed by atoms with van der Waals surface area (Å²) in [6.45, 7) is 0.491. The van der Waals surface area contributed by atoms with Gasteiger partial charge in [0.1, 0.15) is 5.52 Å². The van der Waals surface area contributed by atoms with Crippen molar-refractivity contribution in [3.63, 3.8) is 0 Å². The van der Waals surface area contributed by atoms with E-state index in [9.17, 15) is 5.11 Å². The molecule has 2 heterocycles. The van der Waals surface area contributed by atoms with E-state index in [1.807, 2.05) is 0 Å². The van der Waals surface area contributed by atoms with Gasteiger partial charge in [-0.05, 0) is 13.1 Å². The van der Waals surface area contributed by atoms with Crippen molar-refractivity contribution in [2.24, 2.45) is 0 Å². The van der Waals surface area contributed by atoms with E-state index in [0.717, 1.165) is 5.56 Å². The molecule has 0 aliphatic carbocycles. The van der Waals surface area contributed by atoms with E-state index in [1.54, 1.807) is 19.3 Å². The predicted octanol–water partition coefficient (Wildman–Crippen LogP) is -0.394. The largest absolute Gasteiger partial charge is 0.387 e. The molecule has 0 spiro atoms. The summed E-state index contributed by atoms with van der Waals surface area (Å²) < 4.78 is 0. The van der Waals surface area contributed by atoms with Gasteiger partial charge in [-0.1, -0.05) is 0 Å². The van der Waals surface area contributed by atoms with Gasteiger partial charge >= 0.3 is 0 Å². The predicted molar refractivity (Wildman–Crippen MR) is 50.6 cm³/mol. The molecule has 3 N–H and O–H groups in total. The highest BCUT2D eigenvalue weighted by Crippen LogP contribution is 2.14. The fourth-order valence-corrected chi connectivity index (χ4v) is 1.25. The lowest BCUT2D eigenvalue weighted by Gasteiger charge is -2.08. The van der Waals surface area contributed by atoms with Crippen LogP contribution in [0.15, 0.2) is 12.3 Å². The molecule has 74 valence electrons. The maximum Gasteiger partial charge on any atom is 0.201 e. The first-order valence-corrected chi connectivity index (χ1v) is 4.30. The summed E-state index contributed by atoms with van der Waals surface area (Å²) in [5.41, 5.74) is 1.96. The first-order chi connectivity index (χ1) is 6.81. The summed E-state index contributed by atoms with van der Waals surface area (Å²) in [5.74, 6) is 0. The molecule has 0 saturated carbocycles. The van der Waals surface area contributed by atoms with Crippen molar-refractivity contribution >= 4 is 11.2 Å². The van der Waals surface area contributed by atoms with Crippen LogP contribution < -0.4 is 5.32 Å². The number of nitrogens with zero attached hydrogens (tertiary/aromatic N) is 3. The Hall–Kier alpha value is -1.53. The average molecular weight is 193 g/mol. The lowest BCUT2D eigenvalue weighted by Crippen LogP contribution is -2.16. The zero-order valence-corrected chi connectivity index (χ0v) is 7.73. The molecule has 2 rings (SSSR count). The summed E-state index contributed by atoms with van der Waals surface area (Å²) in [7, 11) is 1.78. The number of likely N-dealkylation sites (N-methyl/N-ethyl adjacent to an activating group) is 1. The Labute approximate surface area is 80.4 Å². The Morgan fingerprint density at radius 3 is 3.21 bits per heavy atom. The molecule has 0 saturated heterocycles. The van der Waals surface area contributed by atoms with Crippen molar-refractivity contribution in [2.45, 2.75) is 6.10 Å². The summed E-state index contributed by atoms with van der Waals surface area (Å²) in [4.78, 5) is 4.05. The fraction of sp³-hybridized carbons (Fsp3) is 0.375. The van der Waals surface area contributed by atoms with Crippen LogP contribution in [0.1, 0.15) is 11.7 Å². The Balaban J connectivity index is 2.33. The number of rotatable bonds is 3. The molecule has 2 aromatic heterocycles. The summed E-state index contributed by atoms with van der Waals surface area (Å²) in [6.07, 6.45) is 1.04. The number of pyridine rings is 1. The summed E-state index contributed by atoms with van der Waals surface area (Å²) >= 11 is 0. The van der Waals surface area contributed by atoms with Crippen molar-refractivity contribution in [3.8, 4) is 0 Å². The molecular weight excluding hydrogens is 182 g/mol. The van der Waals surface area contributed by atoms with Gasteiger partial charge in [0.2, 0.25) is 5.65 Å². The lowest BCUT2D eigenvalue weighted by atomic mass is 10.1. The van der Waals surface area contributed by atoms with Crippen LogP contribution in [0.5, 0.6) is 0 Å². The van der Waals surface area contributed by atoms with Gasteiger partial charge in [0.25, 0.3) is 0 Å². The number of hydrogen-bond donors (Lipinski definition) is 3. The first kappa shape index (κ1) is 9.04. The van der Waals surface area contributed by atoms with E-state index in [4.69, 9.17) is 0 Å². The normalized spacial score (nSPS) is 13.3. The molecule has 6 nitrogen and oxygen atoms in total. The van der Waals surface area contributed by atoms with Crippen molar-refractivity contribution in [2.75, 3.05) is 13.6 Å². The highest BCUT2D eigenvalue weighted by Gasteiger charge is 2.08. The van der Waals surface area contributed by atoms with Gasteiger partial charge in [-0.15, -0.1) is 5.10 Å². The van der Waals surface area contributed by atoms with Gasteiger partial charge in [-0.2, -0.15) is 10.3 Å². The maximum atomic E-state index is 9.66. The molecule has 0 amide bonds. The van der Waals surface area contributed by atoms with E-state index < -0.39 is 6.10 Å². The molecule has 0 aliphatic heterocycles. The zero-order valence-electron chi connectivity index (χ0n) is 7.73. The van der Waals surface area contributed by atoms with E-state index in [0.29, 0.717) is 17.7 Å². The smallest absolute Gasteiger partial charge is 0.201 e. The molecule has 0 aromatic carbocycles. The minimum Gasteiger partial charge on any atom is -0.387 e. The van der Waals surface area contributed by atoms with Gasteiger partial charge in [0, 0.05) is 18.3 Å². The van der Waals surface area contributed by atoms with Gasteiger partial charge in [-0.25, -0.2) is 4.98 Å². The van der Waals surface area contributed by atoms with Crippen LogP contribution in [0.4, 0.5) is 0 Å². The minimum absolute atomic E-state index is 0.491. The standard InChI is InChI=1S/C8H11N5O/c1-9-4-7(14)5-2-6-8(10-3-5)12-13-11-6/h2-3,7,9,14H,4H2,1H3,(H,10,11,12,13). The molecule has 1 unspecified atom stereocenters. The third kappa shape index (κ3) is 1.57. The number of hydrogen-bond acceptors (Lipinski definition) is 5. The lowest BCUT2D eigenvalue weighted by molar-refractivity contribution is 0.177. The van der Waals surface area contributed by atoms with Crippen LogP contribution >= 0.6 is 0 Å². The monoisotopic (exact) mass is 193 g/mol. The topological polar surface area (TPSA) is 86.7 Å². The van der Waals surface area contributed by atoms with E-state index in [2.05, 4.69) is 25.7 Å². The number of H-pyrrole nitrogens is 1. The second-order valence-corrected chi connectivity index (χ2v) is 3.01. The molecule has 2 aromatic rings. The number of fused-ring (bicyclic) bond motifs is 1. The maximum absolute atomic E-state index is 9.66. The van der Waals surface area contributed by atoms with Crippen LogP contribution in [-0.4, -0.2) is 39.1 Å². The third-order valence-electron chi connectivity index (χ3n) is 1.98. The van der Waals surface area contributed by atoms with Crippen molar-refractivity contribution in [1.29, 1.82) is 0 Å². The minimum atomic E-state index is -0.561. The van der Waals surface area contributed by atoms with Gasteiger partial charge in [0.15, 0.2) is 0 Å². The Morgan fingerprint density at radius 1 is 1.57 bits per heavy atom. The van der Waals surface area contributed by atoms with Gasteiger partial charge < -0.3 is 10.4 Å². The first-order valence-electron chi connectivity index (χ1n) is 4.30. The third-order valence-corrected chi connectivity index (χ3v) is 1.98. The molecule has 0 fully saturated rings. The molecule has 1 atom stereocenters. The molecule has 6 heteroatoms. The molecule has 0 radical (unpaired) electrons. The van der Waals surface area contributed by atoms with Gasteiger partial charge in [-0.3, -0.25) is 0 Å². The van der Waals surface area contributed by atoms with Crippen LogP contribution in [0, 0.1) is 0 Å². The SMILES string of the molecule is CNCC(O)c1cnc2n[nH]nc2c1. The fourth-order valence-electron chi connectivity index (χ4n) is 1.25. The van der Waals surface area contributed by atoms with Crippen LogP contribution in [0.2, 0.25) is 0 Å². The van der Waals surface area contributed by atoms with Gasteiger partial charge in [0.05, 0.1) is 6.10 Å². The van der Waals surface area contributed by atoms with E-state index >= 15 is 0 Å². The highest BCUT2D eigenvalue weighted by atomic mass is 16.3. The van der Waals surface area contributed by atoms with Crippen LogP contribution in [0.25, 0.3) is 11.2 Å². The van der Waals surface area contributed by atoms with Crippen molar-refractivity contribution < 1.29 is 5.11 Å². The molecule has 0 bridgehead atoms.